The molecule has 0 radical (unpaired) electrons. The van der Waals surface area contributed by atoms with Crippen molar-refractivity contribution >= 4 is 66.0 Å². The first-order valence-electron chi connectivity index (χ1n) is 14.1. The Hall–Kier alpha value is -3.64. The van der Waals surface area contributed by atoms with E-state index in [2.05, 4.69) is 42.2 Å². The van der Waals surface area contributed by atoms with Gasteiger partial charge in [-0.2, -0.15) is 0 Å². The molecule has 242 valence electrons. The molecule has 1 N–H and O–H groups in total. The summed E-state index contributed by atoms with van der Waals surface area (Å²) in [5, 5.41) is 18.2. The van der Waals surface area contributed by atoms with Crippen molar-refractivity contribution in [2.45, 2.75) is 39.5 Å². The highest BCUT2D eigenvalue weighted by Gasteiger charge is 2.37. The molecule has 10 nitrogen and oxygen atoms in total. The van der Waals surface area contributed by atoms with Gasteiger partial charge in [0.2, 0.25) is 0 Å². The Bertz CT molecular complexity index is 1550. The van der Waals surface area contributed by atoms with Crippen LogP contribution in [0, 0.1) is 11.8 Å². The molecule has 0 saturated heterocycles. The zero-order valence-electron chi connectivity index (χ0n) is 26.4. The number of ether oxygens (including phenoxy) is 3. The van der Waals surface area contributed by atoms with Gasteiger partial charge in [-0.3, -0.25) is 9.59 Å². The third kappa shape index (κ3) is 8.76. The minimum absolute atomic E-state index is 0.0453. The molecule has 12 heteroatoms. The molecule has 4 rings (SSSR count). The van der Waals surface area contributed by atoms with Crippen molar-refractivity contribution in [3.63, 3.8) is 0 Å². The molecule has 2 aliphatic carbocycles. The summed E-state index contributed by atoms with van der Waals surface area (Å²) >= 11 is 6.83. The molecule has 2 aromatic carbocycles. The molecule has 0 amide bonds. The van der Waals surface area contributed by atoms with Crippen LogP contribution in [0.2, 0.25) is 0 Å². The summed E-state index contributed by atoms with van der Waals surface area (Å²) < 4.78 is 17.9. The van der Waals surface area contributed by atoms with Crippen LogP contribution < -0.4 is 9.47 Å². The van der Waals surface area contributed by atoms with Gasteiger partial charge in [-0.25, -0.2) is 0 Å². The topological polar surface area (TPSA) is 125 Å². The SMILES string of the molecule is CON=C(C)CC1CC(=O)C(c2cc(Br)ccc2OC)=C1O.CON=C(C)CC1CC(OC)=C(c2cc(Br)ccc2OC)C1=O. The van der Waals surface area contributed by atoms with E-state index in [1.165, 1.54) is 21.3 Å². The molecule has 0 aliphatic heterocycles. The average Bonchev–Trinajstić information content (AvgIpc) is 3.46. The number of allylic oxidation sites excluding steroid dienone is 4. The van der Waals surface area contributed by atoms with E-state index in [9.17, 15) is 14.7 Å². The molecule has 0 aromatic heterocycles. The fourth-order valence-corrected chi connectivity index (χ4v) is 6.19. The van der Waals surface area contributed by atoms with E-state index in [1.54, 1.807) is 33.3 Å². The van der Waals surface area contributed by atoms with Gasteiger partial charge in [0.05, 0.1) is 43.9 Å². The van der Waals surface area contributed by atoms with Crippen LogP contribution in [0.4, 0.5) is 0 Å². The van der Waals surface area contributed by atoms with Crippen LogP contribution in [0.15, 0.2) is 67.2 Å². The number of Topliss-reactive ketones (excluding diaryl/α,β-unsaturated/α-hetero) is 2. The number of halogens is 2. The standard InChI is InChI=1S/C17H20BrNO4.C16H18BrNO4/c1-10(19-23-4)7-11-8-15(22-3)16(17(11)20)13-9-12(18)5-6-14(13)21-2;1-9(18-22-3)6-10-7-13(19)15(16(10)20)12-8-11(17)4-5-14(12)21-2/h5-6,9,11H,7-8H2,1-4H3;4-5,8,10,20H,6-7H2,1-3H3. The van der Waals surface area contributed by atoms with E-state index in [0.29, 0.717) is 53.2 Å². The van der Waals surface area contributed by atoms with Crippen LogP contribution in [0.1, 0.15) is 50.7 Å². The molecular formula is C33H38Br2N2O8. The third-order valence-corrected chi connectivity index (χ3v) is 8.35. The number of aliphatic hydroxyl groups is 1. The number of ketones is 2. The molecule has 2 atom stereocenters. The number of hydrogen-bond donors (Lipinski definition) is 1. The quantitative estimate of drug-likeness (QED) is 0.185. The average molecular weight is 750 g/mol. The maximum Gasteiger partial charge on any atom is 0.170 e. The minimum Gasteiger partial charge on any atom is -0.511 e. The fourth-order valence-electron chi connectivity index (χ4n) is 5.47. The van der Waals surface area contributed by atoms with E-state index in [-0.39, 0.29) is 35.6 Å². The summed E-state index contributed by atoms with van der Waals surface area (Å²) in [4.78, 5) is 34.7. The predicted molar refractivity (Wildman–Crippen MR) is 181 cm³/mol. The molecule has 2 aliphatic rings. The lowest BCUT2D eigenvalue weighted by atomic mass is 9.94. The molecule has 0 heterocycles. The van der Waals surface area contributed by atoms with E-state index in [0.717, 1.165) is 25.9 Å². The molecule has 2 unspecified atom stereocenters. The van der Waals surface area contributed by atoms with E-state index in [4.69, 9.17) is 23.9 Å². The maximum atomic E-state index is 12.9. The zero-order chi connectivity index (χ0) is 33.3. The Morgan fingerprint density at radius 3 is 1.71 bits per heavy atom. The first-order valence-corrected chi connectivity index (χ1v) is 15.7. The molecule has 2 aromatic rings. The lowest BCUT2D eigenvalue weighted by Crippen LogP contribution is -2.14. The van der Waals surface area contributed by atoms with Crippen molar-refractivity contribution in [2.24, 2.45) is 22.1 Å². The Balaban J connectivity index is 0.000000246. The van der Waals surface area contributed by atoms with Crippen molar-refractivity contribution in [3.05, 3.63) is 68.0 Å². The number of oxime groups is 2. The van der Waals surface area contributed by atoms with Gasteiger partial charge in [-0.05, 0) is 63.1 Å². The lowest BCUT2D eigenvalue weighted by molar-refractivity contribution is -0.116. The number of aliphatic hydroxyl groups excluding tert-OH is 1. The van der Waals surface area contributed by atoms with Crippen LogP contribution in [0.3, 0.4) is 0 Å². The molecule has 0 saturated carbocycles. The summed E-state index contributed by atoms with van der Waals surface area (Å²) in [6.45, 7) is 3.65. The highest BCUT2D eigenvalue weighted by Crippen LogP contribution is 2.42. The number of carbonyl (C=O) groups excluding carboxylic acids is 2. The van der Waals surface area contributed by atoms with Gasteiger partial charge in [0.25, 0.3) is 0 Å². The number of methoxy groups -OCH3 is 3. The summed E-state index contributed by atoms with van der Waals surface area (Å²) in [5.74, 6) is 1.46. The largest absolute Gasteiger partial charge is 0.511 e. The number of benzene rings is 2. The second-order valence-corrected chi connectivity index (χ2v) is 12.3. The third-order valence-electron chi connectivity index (χ3n) is 7.37. The summed E-state index contributed by atoms with van der Waals surface area (Å²) in [7, 11) is 7.68. The molecule has 0 bridgehead atoms. The van der Waals surface area contributed by atoms with Crippen molar-refractivity contribution in [2.75, 3.05) is 35.5 Å². The van der Waals surface area contributed by atoms with Gasteiger partial charge in [0.1, 0.15) is 37.2 Å². The lowest BCUT2D eigenvalue weighted by Gasteiger charge is -2.11. The van der Waals surface area contributed by atoms with Gasteiger partial charge in [0.15, 0.2) is 11.6 Å². The maximum absolute atomic E-state index is 12.9. The monoisotopic (exact) mass is 748 g/mol. The molecule has 0 fully saturated rings. The van der Waals surface area contributed by atoms with Gasteiger partial charge >= 0.3 is 0 Å². The second kappa shape index (κ2) is 16.6. The molecule has 45 heavy (non-hydrogen) atoms. The van der Waals surface area contributed by atoms with Crippen molar-refractivity contribution in [1.29, 1.82) is 0 Å². The Morgan fingerprint density at radius 1 is 0.756 bits per heavy atom. The predicted octanol–water partition coefficient (Wildman–Crippen LogP) is 7.54. The van der Waals surface area contributed by atoms with Crippen molar-refractivity contribution in [1.82, 2.24) is 0 Å². The normalized spacial score (nSPS) is 18.6. The van der Waals surface area contributed by atoms with Crippen molar-refractivity contribution < 1.29 is 38.6 Å². The Kier molecular flexibility index (Phi) is 13.2. The molecule has 0 spiro atoms. The number of nitrogens with zero attached hydrogens (tertiary/aromatic N) is 2. The van der Waals surface area contributed by atoms with Crippen LogP contribution in [-0.2, 0) is 24.0 Å². The highest BCUT2D eigenvalue weighted by molar-refractivity contribution is 9.10. The van der Waals surface area contributed by atoms with E-state index < -0.39 is 0 Å². The number of carbonyl (C=O) groups is 2. The fraction of sp³-hybridized carbons (Fsp3) is 0.394. The van der Waals surface area contributed by atoms with Gasteiger partial charge in [-0.1, -0.05) is 42.2 Å². The first-order chi connectivity index (χ1) is 21.5. The Labute approximate surface area is 280 Å². The Morgan fingerprint density at radius 2 is 1.24 bits per heavy atom. The van der Waals surface area contributed by atoms with E-state index in [1.807, 2.05) is 31.2 Å². The van der Waals surface area contributed by atoms with Crippen LogP contribution in [0.25, 0.3) is 11.1 Å². The van der Waals surface area contributed by atoms with Crippen LogP contribution >= 0.6 is 31.9 Å². The summed E-state index contributed by atoms with van der Waals surface area (Å²) in [6.07, 6.45) is 1.83. The van der Waals surface area contributed by atoms with E-state index >= 15 is 0 Å². The second-order valence-electron chi connectivity index (χ2n) is 10.5. The highest BCUT2D eigenvalue weighted by atomic mass is 79.9. The molecular weight excluding hydrogens is 712 g/mol. The number of hydrogen-bond acceptors (Lipinski definition) is 10. The van der Waals surface area contributed by atoms with Gasteiger partial charge < -0.3 is 29.0 Å². The van der Waals surface area contributed by atoms with Gasteiger partial charge in [0, 0.05) is 44.7 Å². The minimum atomic E-state index is -0.273. The van der Waals surface area contributed by atoms with Gasteiger partial charge in [-0.15, -0.1) is 0 Å². The van der Waals surface area contributed by atoms with Crippen LogP contribution in [0.5, 0.6) is 11.5 Å². The summed E-state index contributed by atoms with van der Waals surface area (Å²) in [5.41, 5.74) is 3.77. The zero-order valence-corrected chi connectivity index (χ0v) is 29.6. The first kappa shape index (κ1) is 35.8. The summed E-state index contributed by atoms with van der Waals surface area (Å²) in [6, 6.07) is 11.0. The van der Waals surface area contributed by atoms with Crippen LogP contribution in [-0.4, -0.2) is 63.6 Å². The smallest absolute Gasteiger partial charge is 0.170 e. The van der Waals surface area contributed by atoms with Crippen molar-refractivity contribution in [3.8, 4) is 11.5 Å². The number of rotatable bonds is 11.